The summed E-state index contributed by atoms with van der Waals surface area (Å²) in [6.45, 7) is 0.0305. The number of aromatic amines is 2. The average Bonchev–Trinajstić information content (AvgIpc) is 3.66. The van der Waals surface area contributed by atoms with Gasteiger partial charge in [0, 0.05) is 19.4 Å². The van der Waals surface area contributed by atoms with Crippen LogP contribution in [-0.2, 0) is 14.3 Å². The maximum atomic E-state index is 12.1. The van der Waals surface area contributed by atoms with E-state index in [4.69, 9.17) is 25.8 Å². The van der Waals surface area contributed by atoms with Gasteiger partial charge in [-0.3, -0.25) is 33.5 Å². The van der Waals surface area contributed by atoms with Gasteiger partial charge in [0.15, 0.2) is 22.3 Å². The number of imidazole rings is 2. The molecular formula is C21H27N11O7. The first-order valence-electron chi connectivity index (χ1n) is 12.3. The first-order chi connectivity index (χ1) is 18.8. The molecule has 9 N–H and O–H groups in total. The van der Waals surface area contributed by atoms with E-state index in [1.54, 1.807) is 9.13 Å². The number of anilines is 2. The smallest absolute Gasteiger partial charge is 0.280 e. The maximum Gasteiger partial charge on any atom is 0.280 e. The topological polar surface area (TPSA) is 259 Å². The van der Waals surface area contributed by atoms with Crippen molar-refractivity contribution in [3.05, 3.63) is 33.4 Å². The van der Waals surface area contributed by atoms with Gasteiger partial charge in [-0.05, 0) is 6.42 Å². The molecule has 18 nitrogen and oxygen atoms in total. The van der Waals surface area contributed by atoms with Crippen LogP contribution in [0.5, 0.6) is 0 Å². The number of hydrogen-bond acceptors (Lipinski definition) is 14. The highest BCUT2D eigenvalue weighted by atomic mass is 16.7. The van der Waals surface area contributed by atoms with Crippen LogP contribution in [0.4, 0.5) is 11.9 Å². The fourth-order valence-electron chi connectivity index (χ4n) is 4.98. The molecule has 0 spiro atoms. The molecule has 0 aromatic carbocycles. The molecule has 2 saturated heterocycles. The van der Waals surface area contributed by atoms with Crippen molar-refractivity contribution in [3.63, 3.8) is 0 Å². The van der Waals surface area contributed by atoms with Gasteiger partial charge in [0.2, 0.25) is 11.9 Å². The standard InChI is InChI=1S/C21H27N11O7/c22-20-27-16-14(18(35)29-20)24-6-31(16)12-3-8(34)9(37-12)1-2-26-39-10-4-13(38-11(10)5-33)32-7-25-15-17(32)28-21(23)30-19(15)36/h6-13,26,33-34H,1-5H2,(H3,22,27,29,35)(H3,23,28,30,36)/t8-,9+,10-,11-,12+,13+/m0/s1. The average molecular weight is 546 g/mol. The summed E-state index contributed by atoms with van der Waals surface area (Å²) in [5.41, 5.74) is 14.1. The monoisotopic (exact) mass is 545 g/mol. The molecule has 4 aromatic rings. The molecule has 39 heavy (non-hydrogen) atoms. The molecule has 0 bridgehead atoms. The summed E-state index contributed by atoms with van der Waals surface area (Å²) in [6, 6.07) is 0. The van der Waals surface area contributed by atoms with Crippen molar-refractivity contribution in [2.45, 2.75) is 56.1 Å². The van der Waals surface area contributed by atoms with Crippen molar-refractivity contribution in [2.24, 2.45) is 0 Å². The summed E-state index contributed by atoms with van der Waals surface area (Å²) in [5, 5.41) is 20.4. The van der Waals surface area contributed by atoms with Crippen molar-refractivity contribution in [1.82, 2.24) is 44.5 Å². The van der Waals surface area contributed by atoms with E-state index < -0.39 is 48.0 Å². The molecule has 6 heterocycles. The summed E-state index contributed by atoms with van der Waals surface area (Å²) in [6.07, 6.45) is 0.261. The van der Waals surface area contributed by atoms with Crippen LogP contribution in [-0.4, -0.2) is 86.8 Å². The molecule has 2 fully saturated rings. The fraction of sp³-hybridized carbons (Fsp3) is 0.524. The summed E-state index contributed by atoms with van der Waals surface area (Å²) < 4.78 is 15.1. The largest absolute Gasteiger partial charge is 0.394 e. The highest BCUT2D eigenvalue weighted by Crippen LogP contribution is 2.33. The highest BCUT2D eigenvalue weighted by molar-refractivity contribution is 5.71. The number of rotatable bonds is 8. The van der Waals surface area contributed by atoms with Gasteiger partial charge in [-0.15, -0.1) is 0 Å². The summed E-state index contributed by atoms with van der Waals surface area (Å²) in [4.78, 5) is 51.1. The van der Waals surface area contributed by atoms with Crippen LogP contribution < -0.4 is 28.1 Å². The van der Waals surface area contributed by atoms with Gasteiger partial charge in [-0.2, -0.15) is 9.97 Å². The van der Waals surface area contributed by atoms with Gasteiger partial charge in [-0.1, -0.05) is 0 Å². The van der Waals surface area contributed by atoms with Crippen molar-refractivity contribution in [1.29, 1.82) is 0 Å². The number of nitrogens with one attached hydrogen (secondary N) is 3. The Morgan fingerprint density at radius 3 is 2.13 bits per heavy atom. The molecule has 18 heteroatoms. The zero-order valence-corrected chi connectivity index (χ0v) is 20.4. The molecule has 208 valence electrons. The number of nitrogens with two attached hydrogens (primary N) is 2. The summed E-state index contributed by atoms with van der Waals surface area (Å²) in [7, 11) is 0. The molecule has 0 amide bonds. The van der Waals surface area contributed by atoms with Crippen LogP contribution in [0.3, 0.4) is 0 Å². The van der Waals surface area contributed by atoms with Gasteiger partial charge in [0.05, 0.1) is 31.5 Å². The van der Waals surface area contributed by atoms with Gasteiger partial charge in [0.25, 0.3) is 11.1 Å². The Hall–Kier alpha value is -3.94. The first-order valence-corrected chi connectivity index (χ1v) is 12.3. The Morgan fingerprint density at radius 2 is 1.54 bits per heavy atom. The predicted octanol–water partition coefficient (Wildman–Crippen LogP) is -2.37. The summed E-state index contributed by atoms with van der Waals surface area (Å²) >= 11 is 0. The number of aliphatic hydroxyl groups excluding tert-OH is 2. The lowest BCUT2D eigenvalue weighted by atomic mass is 10.1. The Kier molecular flexibility index (Phi) is 6.49. The number of nitrogen functional groups attached to an aromatic ring is 2. The molecule has 0 aliphatic carbocycles. The Bertz CT molecular complexity index is 1610. The number of hydrogen-bond donors (Lipinski definition) is 7. The van der Waals surface area contributed by atoms with Gasteiger partial charge in [0.1, 0.15) is 24.7 Å². The lowest BCUT2D eigenvalue weighted by molar-refractivity contribution is -0.0920. The van der Waals surface area contributed by atoms with Crippen LogP contribution in [0.15, 0.2) is 22.2 Å². The lowest BCUT2D eigenvalue weighted by Crippen LogP contribution is -2.35. The zero-order chi connectivity index (χ0) is 27.3. The van der Waals surface area contributed by atoms with Crippen LogP contribution in [0, 0.1) is 0 Å². The zero-order valence-electron chi connectivity index (χ0n) is 20.4. The SMILES string of the molecule is Nc1nc2c(ncn2[C@H]2C[C@H](ONCC[C@H]3O[C@@H](n4cnc5c(=O)[nH]c(N)nc54)C[C@@H]3O)[C@H](CO)O2)c(=O)[nH]1. The van der Waals surface area contributed by atoms with E-state index in [1.807, 2.05) is 0 Å². The van der Waals surface area contributed by atoms with E-state index in [-0.39, 0.29) is 47.3 Å². The van der Waals surface area contributed by atoms with E-state index in [1.165, 1.54) is 12.7 Å². The minimum absolute atomic E-state index is 0.0414. The first kappa shape index (κ1) is 25.3. The maximum absolute atomic E-state index is 12.1. The number of aliphatic hydroxyl groups is 2. The number of H-pyrrole nitrogens is 2. The number of aromatic nitrogens is 8. The second-order valence-corrected chi connectivity index (χ2v) is 9.37. The van der Waals surface area contributed by atoms with Crippen LogP contribution in [0.2, 0.25) is 0 Å². The number of nitrogens with zero attached hydrogens (tertiary/aromatic N) is 6. The number of ether oxygens (including phenoxy) is 2. The lowest BCUT2D eigenvalue weighted by Gasteiger charge is -2.19. The third-order valence-electron chi connectivity index (χ3n) is 6.85. The molecule has 0 radical (unpaired) electrons. The third kappa shape index (κ3) is 4.62. The van der Waals surface area contributed by atoms with Crippen molar-refractivity contribution < 1.29 is 24.5 Å². The number of fused-ring (bicyclic) bond motifs is 2. The van der Waals surface area contributed by atoms with E-state index in [9.17, 15) is 19.8 Å². The minimum Gasteiger partial charge on any atom is -0.394 e. The Labute approximate surface area is 217 Å². The molecule has 2 aliphatic heterocycles. The molecule has 6 atom stereocenters. The van der Waals surface area contributed by atoms with E-state index in [0.29, 0.717) is 19.4 Å². The van der Waals surface area contributed by atoms with E-state index >= 15 is 0 Å². The number of hydroxylamine groups is 1. The second kappa shape index (κ2) is 9.98. The fourth-order valence-corrected chi connectivity index (χ4v) is 4.98. The second-order valence-electron chi connectivity index (χ2n) is 9.37. The molecule has 0 unspecified atom stereocenters. The molecule has 4 aromatic heterocycles. The molecular weight excluding hydrogens is 518 g/mol. The van der Waals surface area contributed by atoms with Crippen LogP contribution >= 0.6 is 0 Å². The Balaban J connectivity index is 1.05. The van der Waals surface area contributed by atoms with Crippen molar-refractivity contribution in [2.75, 3.05) is 24.6 Å². The molecule has 2 aliphatic rings. The van der Waals surface area contributed by atoms with Crippen molar-refractivity contribution in [3.8, 4) is 0 Å². The van der Waals surface area contributed by atoms with Crippen LogP contribution in [0.25, 0.3) is 22.3 Å². The molecule has 6 rings (SSSR count). The van der Waals surface area contributed by atoms with Gasteiger partial charge < -0.3 is 31.2 Å². The van der Waals surface area contributed by atoms with E-state index in [0.717, 1.165) is 0 Å². The normalized spacial score (nSPS) is 27.2. The van der Waals surface area contributed by atoms with Crippen molar-refractivity contribution >= 4 is 34.2 Å². The minimum atomic E-state index is -0.768. The summed E-state index contributed by atoms with van der Waals surface area (Å²) in [5.74, 6) is -0.0884. The van der Waals surface area contributed by atoms with E-state index in [2.05, 4.69) is 35.4 Å². The quantitative estimate of drug-likeness (QED) is 0.0901. The van der Waals surface area contributed by atoms with Gasteiger partial charge >= 0.3 is 0 Å². The third-order valence-corrected chi connectivity index (χ3v) is 6.85. The van der Waals surface area contributed by atoms with Gasteiger partial charge in [-0.25, -0.2) is 15.4 Å². The molecule has 0 saturated carbocycles. The van der Waals surface area contributed by atoms with Crippen LogP contribution in [0.1, 0.15) is 31.7 Å². The Morgan fingerprint density at radius 1 is 0.974 bits per heavy atom. The predicted molar refractivity (Wildman–Crippen MR) is 133 cm³/mol. The highest BCUT2D eigenvalue weighted by Gasteiger charge is 2.39.